The molecule has 0 unspecified atom stereocenters. The van der Waals surface area contributed by atoms with Crippen LogP contribution in [0.15, 0.2) is 28.7 Å². The molecular weight excluding hydrogens is 204 g/mol. The second-order valence-electron chi connectivity index (χ2n) is 2.35. The summed E-state index contributed by atoms with van der Waals surface area (Å²) >= 11 is 3.32. The van der Waals surface area contributed by atoms with Crippen LogP contribution in [0.1, 0.15) is 5.56 Å². The Morgan fingerprint density at radius 1 is 1.55 bits per heavy atom. The monoisotopic (exact) mass is 211 g/mol. The van der Waals surface area contributed by atoms with E-state index in [1.165, 1.54) is 0 Å². The second kappa shape index (κ2) is 3.67. The van der Waals surface area contributed by atoms with E-state index < -0.39 is 0 Å². The summed E-state index contributed by atoms with van der Waals surface area (Å²) in [6, 6.07) is 7.66. The quantitative estimate of drug-likeness (QED) is 0.735. The van der Waals surface area contributed by atoms with E-state index in [4.69, 9.17) is 0 Å². The predicted molar refractivity (Wildman–Crippen MR) is 48.2 cm³/mol. The van der Waals surface area contributed by atoms with E-state index in [1.54, 1.807) is 0 Å². The van der Waals surface area contributed by atoms with Crippen molar-refractivity contribution in [2.45, 2.75) is 6.42 Å². The molecule has 11 heavy (non-hydrogen) atoms. The third-order valence-corrected chi connectivity index (χ3v) is 1.78. The van der Waals surface area contributed by atoms with E-state index in [-0.39, 0.29) is 5.78 Å². The van der Waals surface area contributed by atoms with Crippen LogP contribution in [0.25, 0.3) is 0 Å². The summed E-state index contributed by atoms with van der Waals surface area (Å²) in [6.07, 6.45) is 0.416. The minimum absolute atomic E-state index is 0.0527. The maximum Gasteiger partial charge on any atom is 0.137 e. The zero-order valence-electron chi connectivity index (χ0n) is 6.01. The third-order valence-electron chi connectivity index (χ3n) is 1.29. The smallest absolute Gasteiger partial charge is 0.137 e. The second-order valence-corrected chi connectivity index (χ2v) is 3.26. The van der Waals surface area contributed by atoms with Gasteiger partial charge < -0.3 is 0 Å². The van der Waals surface area contributed by atoms with Crippen LogP contribution in [0.5, 0.6) is 0 Å². The Morgan fingerprint density at radius 3 is 2.82 bits per heavy atom. The zero-order chi connectivity index (χ0) is 8.27. The number of Topliss-reactive ketones (excluding diaryl/α,β-unsaturated/α-hetero) is 1. The average Bonchev–Trinajstić information content (AvgIpc) is 1.85. The molecule has 0 amide bonds. The maximum atomic E-state index is 10.6. The summed E-state index contributed by atoms with van der Waals surface area (Å²) in [5.74, 6) is -0.0527. The molecule has 1 aromatic carbocycles. The van der Waals surface area contributed by atoms with Gasteiger partial charge in [-0.05, 0) is 17.7 Å². The van der Waals surface area contributed by atoms with E-state index in [1.807, 2.05) is 24.3 Å². The lowest BCUT2D eigenvalue weighted by molar-refractivity contribution is -0.114. The first kappa shape index (κ1) is 8.47. The van der Waals surface area contributed by atoms with Crippen LogP contribution in [0.2, 0.25) is 0 Å². The third kappa shape index (κ3) is 2.85. The SMILES string of the molecule is [CH2]C(=O)Cc1cccc(Br)c1. The fourth-order valence-corrected chi connectivity index (χ4v) is 1.32. The molecule has 0 saturated heterocycles. The molecule has 2 heteroatoms. The van der Waals surface area contributed by atoms with E-state index in [0.29, 0.717) is 6.42 Å². The van der Waals surface area contributed by atoms with Crippen molar-refractivity contribution in [3.63, 3.8) is 0 Å². The first-order valence-corrected chi connectivity index (χ1v) is 4.07. The Kier molecular flexibility index (Phi) is 2.83. The minimum Gasteiger partial charge on any atom is -0.299 e. The number of ketones is 1. The van der Waals surface area contributed by atoms with Crippen molar-refractivity contribution in [1.82, 2.24) is 0 Å². The van der Waals surface area contributed by atoms with Gasteiger partial charge in [-0.15, -0.1) is 0 Å². The molecule has 57 valence electrons. The van der Waals surface area contributed by atoms with Gasteiger partial charge in [-0.2, -0.15) is 0 Å². The van der Waals surface area contributed by atoms with Gasteiger partial charge in [0.05, 0.1) is 0 Å². The Bertz CT molecular complexity index is 268. The highest BCUT2D eigenvalue weighted by atomic mass is 79.9. The molecule has 0 atom stereocenters. The topological polar surface area (TPSA) is 17.1 Å². The van der Waals surface area contributed by atoms with Gasteiger partial charge >= 0.3 is 0 Å². The van der Waals surface area contributed by atoms with Crippen molar-refractivity contribution in [2.24, 2.45) is 0 Å². The molecule has 0 spiro atoms. The Morgan fingerprint density at radius 2 is 2.27 bits per heavy atom. The predicted octanol–water partition coefficient (Wildman–Crippen LogP) is 2.39. The number of halogens is 1. The Balaban J connectivity index is 2.79. The highest BCUT2D eigenvalue weighted by Crippen LogP contribution is 2.11. The van der Waals surface area contributed by atoms with Crippen molar-refractivity contribution >= 4 is 21.7 Å². The van der Waals surface area contributed by atoms with E-state index in [0.717, 1.165) is 10.0 Å². The number of hydrogen-bond donors (Lipinski definition) is 0. The fraction of sp³-hybridized carbons (Fsp3) is 0.111. The van der Waals surface area contributed by atoms with Crippen LogP contribution in [0.4, 0.5) is 0 Å². The summed E-state index contributed by atoms with van der Waals surface area (Å²) in [5.41, 5.74) is 0.999. The van der Waals surface area contributed by atoms with E-state index in [2.05, 4.69) is 22.9 Å². The molecule has 1 nitrogen and oxygen atoms in total. The van der Waals surface area contributed by atoms with Crippen molar-refractivity contribution in [3.05, 3.63) is 41.2 Å². The highest BCUT2D eigenvalue weighted by molar-refractivity contribution is 9.10. The van der Waals surface area contributed by atoms with Crippen LogP contribution < -0.4 is 0 Å². The number of hydrogen-bond acceptors (Lipinski definition) is 1. The number of benzene rings is 1. The number of carbonyl (C=O) groups is 1. The first-order chi connectivity index (χ1) is 5.18. The van der Waals surface area contributed by atoms with Crippen LogP contribution in [0.3, 0.4) is 0 Å². The maximum absolute atomic E-state index is 10.6. The van der Waals surface area contributed by atoms with Gasteiger partial charge in [0, 0.05) is 17.8 Å². The summed E-state index contributed by atoms with van der Waals surface area (Å²) in [4.78, 5) is 10.6. The first-order valence-electron chi connectivity index (χ1n) is 3.28. The van der Waals surface area contributed by atoms with Gasteiger partial charge in [0.1, 0.15) is 5.78 Å². The normalized spacial score (nSPS) is 9.64. The molecule has 1 rings (SSSR count). The van der Waals surface area contributed by atoms with E-state index >= 15 is 0 Å². The lowest BCUT2D eigenvalue weighted by atomic mass is 10.1. The molecule has 0 aliphatic heterocycles. The summed E-state index contributed by atoms with van der Waals surface area (Å²) < 4.78 is 0.997. The van der Waals surface area contributed by atoms with Gasteiger partial charge in [-0.3, -0.25) is 4.79 Å². The molecule has 1 aromatic rings. The summed E-state index contributed by atoms with van der Waals surface area (Å²) in [5, 5.41) is 0. The fourth-order valence-electron chi connectivity index (χ4n) is 0.875. The molecule has 0 aliphatic rings. The summed E-state index contributed by atoms with van der Waals surface area (Å²) in [6.45, 7) is 3.31. The lowest BCUT2D eigenvalue weighted by Gasteiger charge is -1.96. The van der Waals surface area contributed by atoms with Crippen molar-refractivity contribution in [2.75, 3.05) is 0 Å². The average molecular weight is 212 g/mol. The van der Waals surface area contributed by atoms with Crippen LogP contribution in [-0.2, 0) is 11.2 Å². The highest BCUT2D eigenvalue weighted by Gasteiger charge is 1.96. The molecule has 0 aliphatic carbocycles. The molecule has 0 aromatic heterocycles. The molecule has 0 bridgehead atoms. The van der Waals surface area contributed by atoms with Gasteiger partial charge in [0.15, 0.2) is 0 Å². The molecule has 1 radical (unpaired) electrons. The lowest BCUT2D eigenvalue weighted by Crippen LogP contribution is -1.95. The van der Waals surface area contributed by atoms with Crippen molar-refractivity contribution in [3.8, 4) is 0 Å². The van der Waals surface area contributed by atoms with Crippen LogP contribution >= 0.6 is 15.9 Å². The Labute approximate surface area is 74.6 Å². The van der Waals surface area contributed by atoms with Crippen LogP contribution in [0, 0.1) is 6.92 Å². The standard InChI is InChI=1S/C9H8BrO/c1-7(11)5-8-3-2-4-9(10)6-8/h2-4,6H,1,5H2. The number of carbonyl (C=O) groups excluding carboxylic acids is 1. The zero-order valence-corrected chi connectivity index (χ0v) is 7.60. The van der Waals surface area contributed by atoms with Gasteiger partial charge in [-0.1, -0.05) is 28.1 Å². The molecular formula is C9H8BrO. The summed E-state index contributed by atoms with van der Waals surface area (Å²) in [7, 11) is 0. The van der Waals surface area contributed by atoms with E-state index in [9.17, 15) is 4.79 Å². The van der Waals surface area contributed by atoms with Gasteiger partial charge in [-0.25, -0.2) is 0 Å². The molecule has 0 fully saturated rings. The molecule has 0 heterocycles. The minimum atomic E-state index is -0.0527. The van der Waals surface area contributed by atoms with Crippen LogP contribution in [-0.4, -0.2) is 5.78 Å². The number of rotatable bonds is 2. The molecule has 0 N–H and O–H groups in total. The Hall–Kier alpha value is -0.630. The van der Waals surface area contributed by atoms with Crippen molar-refractivity contribution in [1.29, 1.82) is 0 Å². The largest absolute Gasteiger partial charge is 0.299 e. The van der Waals surface area contributed by atoms with Gasteiger partial charge in [0.25, 0.3) is 0 Å². The molecule has 0 saturated carbocycles. The van der Waals surface area contributed by atoms with Gasteiger partial charge in [0.2, 0.25) is 0 Å². The van der Waals surface area contributed by atoms with Crippen molar-refractivity contribution < 1.29 is 4.79 Å².